The molecule has 0 fully saturated rings. The zero-order valence-electron chi connectivity index (χ0n) is 12.9. The zero-order chi connectivity index (χ0) is 15.8. The van der Waals surface area contributed by atoms with E-state index in [4.69, 9.17) is 17.0 Å². The molecule has 112 valence electrons. The fourth-order valence-electron chi connectivity index (χ4n) is 2.00. The minimum absolute atomic E-state index is 0.166. The number of halogens is 1. The van der Waals surface area contributed by atoms with Gasteiger partial charge < -0.3 is 9.72 Å². The summed E-state index contributed by atoms with van der Waals surface area (Å²) in [5.41, 5.74) is 2.19. The van der Waals surface area contributed by atoms with Crippen LogP contribution in [-0.4, -0.2) is 17.1 Å². The number of aromatic amines is 1. The third-order valence-corrected chi connectivity index (χ3v) is 3.70. The van der Waals surface area contributed by atoms with Crippen LogP contribution in [-0.2, 0) is 5.41 Å². The van der Waals surface area contributed by atoms with Crippen LogP contribution in [0.2, 0.25) is 0 Å². The highest BCUT2D eigenvalue weighted by Gasteiger charge is 2.19. The highest BCUT2D eigenvalue weighted by Crippen LogP contribution is 2.28. The van der Waals surface area contributed by atoms with Crippen LogP contribution < -0.4 is 4.74 Å². The lowest BCUT2D eigenvalue weighted by molar-refractivity contribution is 0.386. The standard InChI is InChI=1S/C16H19FN2OS/c1-9-13(10-6-7-12(20-5)11(17)8-10)18-15(16(2,3)4)19-14(9)21/h6-8H,1-5H3,(H,18,19,21). The van der Waals surface area contributed by atoms with Crippen molar-refractivity contribution >= 4 is 12.2 Å². The van der Waals surface area contributed by atoms with E-state index in [1.165, 1.54) is 13.2 Å². The summed E-state index contributed by atoms with van der Waals surface area (Å²) in [6.45, 7) is 8.03. The van der Waals surface area contributed by atoms with Crippen molar-refractivity contribution in [3.63, 3.8) is 0 Å². The zero-order valence-corrected chi connectivity index (χ0v) is 13.7. The molecule has 5 heteroatoms. The molecule has 0 atom stereocenters. The molecule has 21 heavy (non-hydrogen) atoms. The predicted octanol–water partition coefficient (Wildman–Crippen LogP) is 4.56. The van der Waals surface area contributed by atoms with Gasteiger partial charge in [0.1, 0.15) is 10.5 Å². The van der Waals surface area contributed by atoms with Crippen molar-refractivity contribution in [2.24, 2.45) is 0 Å². The van der Waals surface area contributed by atoms with E-state index in [0.29, 0.717) is 4.64 Å². The van der Waals surface area contributed by atoms with E-state index in [1.807, 2.05) is 33.8 Å². The molecule has 0 spiro atoms. The van der Waals surface area contributed by atoms with Gasteiger partial charge in [-0.05, 0) is 25.1 Å². The van der Waals surface area contributed by atoms with Gasteiger partial charge in [0.05, 0.1) is 12.8 Å². The number of methoxy groups -OCH3 is 1. The van der Waals surface area contributed by atoms with Gasteiger partial charge in [0.15, 0.2) is 11.6 Å². The fraction of sp³-hybridized carbons (Fsp3) is 0.375. The molecule has 0 saturated heterocycles. The molecule has 0 amide bonds. The fourth-order valence-corrected chi connectivity index (χ4v) is 2.19. The quantitative estimate of drug-likeness (QED) is 0.827. The van der Waals surface area contributed by atoms with Crippen molar-refractivity contribution < 1.29 is 9.13 Å². The molecule has 1 aromatic carbocycles. The number of ether oxygens (including phenoxy) is 1. The summed E-state index contributed by atoms with van der Waals surface area (Å²) >= 11 is 5.33. The Hall–Kier alpha value is -1.75. The Kier molecular flexibility index (Phi) is 4.14. The number of hydrogen-bond acceptors (Lipinski definition) is 3. The van der Waals surface area contributed by atoms with Gasteiger partial charge in [0.2, 0.25) is 0 Å². The van der Waals surface area contributed by atoms with Gasteiger partial charge in [-0.15, -0.1) is 0 Å². The lowest BCUT2D eigenvalue weighted by Crippen LogP contribution is -2.17. The van der Waals surface area contributed by atoms with Gasteiger partial charge in [0, 0.05) is 16.5 Å². The van der Waals surface area contributed by atoms with Crippen LogP contribution >= 0.6 is 12.2 Å². The van der Waals surface area contributed by atoms with Crippen molar-refractivity contribution in [2.75, 3.05) is 7.11 Å². The van der Waals surface area contributed by atoms with Gasteiger partial charge in [-0.1, -0.05) is 33.0 Å². The summed E-state index contributed by atoms with van der Waals surface area (Å²) in [4.78, 5) is 7.72. The van der Waals surface area contributed by atoms with E-state index >= 15 is 0 Å². The first-order valence-electron chi connectivity index (χ1n) is 6.69. The molecule has 2 rings (SSSR count). The van der Waals surface area contributed by atoms with Crippen LogP contribution in [0.5, 0.6) is 5.75 Å². The summed E-state index contributed by atoms with van der Waals surface area (Å²) in [6, 6.07) is 4.86. The Labute approximate surface area is 129 Å². The molecule has 1 heterocycles. The molecule has 0 aliphatic rings. The SMILES string of the molecule is COc1ccc(-c2[nH]c(C(C)(C)C)nc(=S)c2C)cc1F. The first-order chi connectivity index (χ1) is 9.74. The summed E-state index contributed by atoms with van der Waals surface area (Å²) in [5, 5.41) is 0. The second kappa shape index (κ2) is 5.56. The molecule has 0 unspecified atom stereocenters. The topological polar surface area (TPSA) is 37.9 Å². The van der Waals surface area contributed by atoms with E-state index in [2.05, 4.69) is 9.97 Å². The lowest BCUT2D eigenvalue weighted by Gasteiger charge is -2.20. The van der Waals surface area contributed by atoms with E-state index < -0.39 is 5.82 Å². The number of rotatable bonds is 2. The van der Waals surface area contributed by atoms with E-state index in [0.717, 1.165) is 22.6 Å². The number of benzene rings is 1. The van der Waals surface area contributed by atoms with Gasteiger partial charge in [-0.2, -0.15) is 0 Å². The predicted molar refractivity (Wildman–Crippen MR) is 84.8 cm³/mol. The maximum absolute atomic E-state index is 13.9. The highest BCUT2D eigenvalue weighted by molar-refractivity contribution is 7.71. The smallest absolute Gasteiger partial charge is 0.165 e. The average molecular weight is 306 g/mol. The maximum atomic E-state index is 13.9. The van der Waals surface area contributed by atoms with E-state index in [-0.39, 0.29) is 11.2 Å². The molecule has 0 radical (unpaired) electrons. The second-order valence-electron chi connectivity index (χ2n) is 5.99. The number of hydrogen-bond donors (Lipinski definition) is 1. The molecular formula is C16H19FN2OS. The van der Waals surface area contributed by atoms with Crippen molar-refractivity contribution in [1.82, 2.24) is 9.97 Å². The minimum atomic E-state index is -0.400. The Morgan fingerprint density at radius 2 is 1.95 bits per heavy atom. The van der Waals surface area contributed by atoms with Gasteiger partial charge in [-0.3, -0.25) is 0 Å². The molecule has 3 nitrogen and oxygen atoms in total. The normalized spacial score (nSPS) is 11.5. The first kappa shape index (κ1) is 15.6. The number of aromatic nitrogens is 2. The van der Waals surface area contributed by atoms with Crippen LogP contribution in [0.1, 0.15) is 32.2 Å². The van der Waals surface area contributed by atoms with Crippen LogP contribution in [0.4, 0.5) is 4.39 Å². The molecule has 1 aromatic heterocycles. The first-order valence-corrected chi connectivity index (χ1v) is 7.10. The molecular weight excluding hydrogens is 287 g/mol. The van der Waals surface area contributed by atoms with E-state index in [9.17, 15) is 4.39 Å². The summed E-state index contributed by atoms with van der Waals surface area (Å²) in [6.07, 6.45) is 0. The van der Waals surface area contributed by atoms with Gasteiger partial charge in [-0.25, -0.2) is 9.37 Å². The van der Waals surface area contributed by atoms with Crippen LogP contribution in [0.3, 0.4) is 0 Å². The number of nitrogens with zero attached hydrogens (tertiary/aromatic N) is 1. The molecule has 0 aliphatic carbocycles. The number of H-pyrrole nitrogens is 1. The molecule has 1 N–H and O–H groups in total. The third-order valence-electron chi connectivity index (χ3n) is 3.30. The van der Waals surface area contributed by atoms with Crippen molar-refractivity contribution in [3.8, 4) is 17.0 Å². The van der Waals surface area contributed by atoms with E-state index in [1.54, 1.807) is 6.07 Å². The molecule has 0 saturated carbocycles. The number of nitrogens with one attached hydrogen (secondary N) is 1. The minimum Gasteiger partial charge on any atom is -0.494 e. The van der Waals surface area contributed by atoms with Gasteiger partial charge >= 0.3 is 0 Å². The Morgan fingerprint density at radius 1 is 1.29 bits per heavy atom. The lowest BCUT2D eigenvalue weighted by atomic mass is 9.95. The maximum Gasteiger partial charge on any atom is 0.165 e. The summed E-state index contributed by atoms with van der Waals surface area (Å²) in [5.74, 6) is 0.604. The third kappa shape index (κ3) is 3.13. The van der Waals surface area contributed by atoms with Crippen molar-refractivity contribution in [2.45, 2.75) is 33.1 Å². The Morgan fingerprint density at radius 3 is 2.48 bits per heavy atom. The van der Waals surface area contributed by atoms with Crippen molar-refractivity contribution in [1.29, 1.82) is 0 Å². The monoisotopic (exact) mass is 306 g/mol. The highest BCUT2D eigenvalue weighted by atomic mass is 32.1. The van der Waals surface area contributed by atoms with Crippen LogP contribution in [0.15, 0.2) is 18.2 Å². The van der Waals surface area contributed by atoms with Crippen LogP contribution in [0.25, 0.3) is 11.3 Å². The molecule has 2 aromatic rings. The Bertz CT molecular complexity index is 732. The largest absolute Gasteiger partial charge is 0.494 e. The summed E-state index contributed by atoms with van der Waals surface area (Å²) < 4.78 is 19.4. The Balaban J connectivity index is 2.66. The molecule has 0 aliphatic heterocycles. The summed E-state index contributed by atoms with van der Waals surface area (Å²) in [7, 11) is 1.45. The van der Waals surface area contributed by atoms with Crippen LogP contribution in [0, 0.1) is 17.4 Å². The van der Waals surface area contributed by atoms with Gasteiger partial charge in [0.25, 0.3) is 0 Å². The van der Waals surface area contributed by atoms with Crippen molar-refractivity contribution in [3.05, 3.63) is 40.0 Å². The second-order valence-corrected chi connectivity index (χ2v) is 6.38. The molecule has 0 bridgehead atoms. The average Bonchev–Trinajstić information content (AvgIpc) is 2.40.